The van der Waals surface area contributed by atoms with Gasteiger partial charge in [0.1, 0.15) is 12.4 Å². The normalized spacial score (nSPS) is 17.9. The van der Waals surface area contributed by atoms with E-state index in [1.165, 1.54) is 0 Å². The molecule has 1 fully saturated rings. The van der Waals surface area contributed by atoms with Gasteiger partial charge >= 0.3 is 0 Å². The van der Waals surface area contributed by atoms with Gasteiger partial charge in [-0.25, -0.2) is 0 Å². The van der Waals surface area contributed by atoms with E-state index in [0.717, 1.165) is 5.75 Å². The second kappa shape index (κ2) is 5.18. The first-order valence-corrected chi connectivity index (χ1v) is 5.41. The number of carbonyl (C=O) groups is 1. The molecule has 0 bridgehead atoms. The van der Waals surface area contributed by atoms with Crippen molar-refractivity contribution in [1.82, 2.24) is 5.32 Å². The van der Waals surface area contributed by atoms with Crippen LogP contribution in [-0.4, -0.2) is 31.8 Å². The van der Waals surface area contributed by atoms with E-state index >= 15 is 0 Å². The number of hydrogen-bond donors (Lipinski definition) is 1. The number of halogens is 1. The summed E-state index contributed by atoms with van der Waals surface area (Å²) in [6.07, 6.45) is -0.240. The number of epoxide rings is 1. The van der Waals surface area contributed by atoms with Gasteiger partial charge in [0.15, 0.2) is 6.10 Å². The molecule has 0 aromatic heterocycles. The molecule has 86 valence electrons. The largest absolute Gasteiger partial charge is 0.492 e. The van der Waals surface area contributed by atoms with Crippen LogP contribution in [0.5, 0.6) is 5.75 Å². The molecule has 0 saturated carbocycles. The maximum Gasteiger partial charge on any atom is 0.251 e. The van der Waals surface area contributed by atoms with Crippen molar-refractivity contribution >= 4 is 17.5 Å². The van der Waals surface area contributed by atoms with E-state index in [0.29, 0.717) is 24.8 Å². The molecular formula is C11H12ClNO3. The monoisotopic (exact) mass is 241 g/mol. The van der Waals surface area contributed by atoms with Crippen molar-refractivity contribution in [1.29, 1.82) is 0 Å². The minimum atomic E-state index is -0.240. The Morgan fingerprint density at radius 1 is 1.50 bits per heavy atom. The van der Waals surface area contributed by atoms with Gasteiger partial charge in [0, 0.05) is 5.02 Å². The first-order chi connectivity index (χ1) is 7.75. The van der Waals surface area contributed by atoms with Crippen LogP contribution >= 0.6 is 11.6 Å². The Kier molecular flexibility index (Phi) is 3.64. The summed E-state index contributed by atoms with van der Waals surface area (Å²) in [5, 5.41) is 3.38. The molecule has 1 N–H and O–H groups in total. The summed E-state index contributed by atoms with van der Waals surface area (Å²) < 4.78 is 10.2. The average molecular weight is 242 g/mol. The molecule has 1 aliphatic heterocycles. The molecule has 1 aromatic rings. The van der Waals surface area contributed by atoms with E-state index in [4.69, 9.17) is 21.1 Å². The Bertz CT molecular complexity index is 362. The van der Waals surface area contributed by atoms with Crippen LogP contribution in [0.2, 0.25) is 5.02 Å². The van der Waals surface area contributed by atoms with Gasteiger partial charge in [0.2, 0.25) is 0 Å². The Labute approximate surface area is 98.5 Å². The summed E-state index contributed by atoms with van der Waals surface area (Å²) in [5.74, 6) is 0.668. The van der Waals surface area contributed by atoms with Crippen LogP contribution < -0.4 is 10.1 Å². The first kappa shape index (κ1) is 11.2. The molecular weight excluding hydrogens is 230 g/mol. The second-order valence-corrected chi connectivity index (χ2v) is 3.85. The summed E-state index contributed by atoms with van der Waals surface area (Å²) in [5.41, 5.74) is 0. The molecule has 1 unspecified atom stereocenters. The van der Waals surface area contributed by atoms with Crippen LogP contribution in [0.3, 0.4) is 0 Å². The van der Waals surface area contributed by atoms with Crippen LogP contribution in [0, 0.1) is 0 Å². The van der Waals surface area contributed by atoms with Gasteiger partial charge in [-0.05, 0) is 24.3 Å². The molecule has 5 heteroatoms. The van der Waals surface area contributed by atoms with E-state index in [2.05, 4.69) is 5.32 Å². The Hall–Kier alpha value is -1.26. The topological polar surface area (TPSA) is 50.9 Å². The van der Waals surface area contributed by atoms with E-state index < -0.39 is 0 Å². The van der Waals surface area contributed by atoms with Crippen molar-refractivity contribution in [2.45, 2.75) is 6.10 Å². The van der Waals surface area contributed by atoms with Crippen molar-refractivity contribution in [3.05, 3.63) is 29.3 Å². The van der Waals surface area contributed by atoms with E-state index in [-0.39, 0.29) is 12.0 Å². The lowest BCUT2D eigenvalue weighted by molar-refractivity contribution is -0.122. The maximum atomic E-state index is 11.2. The minimum Gasteiger partial charge on any atom is -0.492 e. The third-order valence-corrected chi connectivity index (χ3v) is 2.36. The third-order valence-electron chi connectivity index (χ3n) is 2.11. The van der Waals surface area contributed by atoms with Crippen molar-refractivity contribution in [2.24, 2.45) is 0 Å². The van der Waals surface area contributed by atoms with E-state index in [1.807, 2.05) is 0 Å². The zero-order valence-corrected chi connectivity index (χ0v) is 9.37. The molecule has 1 aromatic carbocycles. The van der Waals surface area contributed by atoms with Crippen molar-refractivity contribution in [2.75, 3.05) is 19.8 Å². The lowest BCUT2D eigenvalue weighted by atomic mass is 10.3. The fraction of sp³-hybridized carbons (Fsp3) is 0.364. The van der Waals surface area contributed by atoms with Gasteiger partial charge in [-0.15, -0.1) is 0 Å². The predicted molar refractivity (Wildman–Crippen MR) is 59.7 cm³/mol. The molecule has 0 aliphatic carbocycles. The van der Waals surface area contributed by atoms with Gasteiger partial charge in [0.25, 0.3) is 5.91 Å². The molecule has 0 spiro atoms. The number of nitrogens with one attached hydrogen (secondary N) is 1. The highest BCUT2D eigenvalue weighted by atomic mass is 35.5. The van der Waals surface area contributed by atoms with Gasteiger partial charge in [0.05, 0.1) is 13.2 Å². The number of rotatable bonds is 5. The van der Waals surface area contributed by atoms with Crippen molar-refractivity contribution in [3.63, 3.8) is 0 Å². The summed E-state index contributed by atoms with van der Waals surface area (Å²) >= 11 is 5.73. The lowest BCUT2D eigenvalue weighted by Crippen LogP contribution is -2.31. The smallest absolute Gasteiger partial charge is 0.251 e. The Morgan fingerprint density at radius 2 is 2.19 bits per heavy atom. The number of amides is 1. The van der Waals surface area contributed by atoms with Gasteiger partial charge in [-0.2, -0.15) is 0 Å². The first-order valence-electron chi connectivity index (χ1n) is 5.03. The summed E-state index contributed by atoms with van der Waals surface area (Å²) in [6, 6.07) is 7.09. The second-order valence-electron chi connectivity index (χ2n) is 3.42. The molecule has 1 saturated heterocycles. The molecule has 1 aliphatic rings. The zero-order chi connectivity index (χ0) is 11.4. The maximum absolute atomic E-state index is 11.2. The molecule has 1 atom stereocenters. The molecule has 0 radical (unpaired) electrons. The fourth-order valence-electron chi connectivity index (χ4n) is 1.19. The van der Waals surface area contributed by atoms with Crippen LogP contribution in [0.25, 0.3) is 0 Å². The highest BCUT2D eigenvalue weighted by Crippen LogP contribution is 2.15. The Balaban J connectivity index is 1.63. The minimum absolute atomic E-state index is 0.0697. The third kappa shape index (κ3) is 3.40. The van der Waals surface area contributed by atoms with Crippen LogP contribution in [0.15, 0.2) is 24.3 Å². The molecule has 1 heterocycles. The molecule has 2 rings (SSSR count). The highest BCUT2D eigenvalue weighted by Gasteiger charge is 2.30. The van der Waals surface area contributed by atoms with Gasteiger partial charge in [-0.3, -0.25) is 4.79 Å². The molecule has 1 amide bonds. The van der Waals surface area contributed by atoms with Crippen LogP contribution in [-0.2, 0) is 9.53 Å². The van der Waals surface area contributed by atoms with Gasteiger partial charge in [-0.1, -0.05) is 11.6 Å². The summed E-state index contributed by atoms with van der Waals surface area (Å²) in [7, 11) is 0. The zero-order valence-electron chi connectivity index (χ0n) is 8.61. The molecule has 16 heavy (non-hydrogen) atoms. The van der Waals surface area contributed by atoms with Gasteiger partial charge < -0.3 is 14.8 Å². The number of hydrogen-bond acceptors (Lipinski definition) is 3. The van der Waals surface area contributed by atoms with Crippen LogP contribution in [0.4, 0.5) is 0 Å². The summed E-state index contributed by atoms with van der Waals surface area (Å²) in [6.45, 7) is 1.44. The van der Waals surface area contributed by atoms with Crippen LogP contribution in [0.1, 0.15) is 0 Å². The van der Waals surface area contributed by atoms with E-state index in [9.17, 15) is 4.79 Å². The van der Waals surface area contributed by atoms with E-state index in [1.54, 1.807) is 24.3 Å². The fourth-order valence-corrected chi connectivity index (χ4v) is 1.31. The average Bonchev–Trinajstić information content (AvgIpc) is 3.10. The number of ether oxygens (including phenoxy) is 2. The quantitative estimate of drug-likeness (QED) is 0.623. The van der Waals surface area contributed by atoms with Crippen molar-refractivity contribution < 1.29 is 14.3 Å². The SMILES string of the molecule is O=C(NCCOc1ccc(Cl)cc1)C1CO1. The standard InChI is InChI=1S/C11H12ClNO3/c12-8-1-3-9(4-2-8)15-6-5-13-11(14)10-7-16-10/h1-4,10H,5-7H2,(H,13,14). The Morgan fingerprint density at radius 3 is 2.81 bits per heavy atom. The predicted octanol–water partition coefficient (Wildman–Crippen LogP) is 1.23. The molecule has 4 nitrogen and oxygen atoms in total. The lowest BCUT2D eigenvalue weighted by Gasteiger charge is -2.06. The summed E-state index contributed by atoms with van der Waals surface area (Å²) in [4.78, 5) is 11.2. The number of benzene rings is 1. The van der Waals surface area contributed by atoms with Crippen molar-refractivity contribution in [3.8, 4) is 5.75 Å². The highest BCUT2D eigenvalue weighted by molar-refractivity contribution is 6.30. The number of carbonyl (C=O) groups excluding carboxylic acids is 1.